The molecule has 2 atom stereocenters. The fraction of sp³-hybridized carbons (Fsp3) is 0.800. The molecule has 0 radical (unpaired) electrons. The zero-order valence-electron chi connectivity index (χ0n) is 13.0. The number of aliphatic carboxylic acids is 1. The zero-order valence-corrected chi connectivity index (χ0v) is 13.0. The molecule has 2 fully saturated rings. The predicted octanol–water partition coefficient (Wildman–Crippen LogP) is 0.940. The van der Waals surface area contributed by atoms with Gasteiger partial charge in [-0.1, -0.05) is 19.3 Å². The summed E-state index contributed by atoms with van der Waals surface area (Å²) in [6.07, 6.45) is 5.89. The Balaban J connectivity index is 1.76. The van der Waals surface area contributed by atoms with Gasteiger partial charge in [0.25, 0.3) is 0 Å². The molecule has 22 heavy (non-hydrogen) atoms. The Hall–Kier alpha value is -1.63. The van der Waals surface area contributed by atoms with Crippen LogP contribution in [0.3, 0.4) is 0 Å². The molecule has 0 spiro atoms. The highest BCUT2D eigenvalue weighted by Gasteiger charge is 2.33. The molecule has 3 N–H and O–H groups in total. The number of rotatable bonds is 4. The van der Waals surface area contributed by atoms with Crippen LogP contribution in [0.25, 0.3) is 0 Å². The molecule has 1 heterocycles. The Labute approximate surface area is 130 Å². The topological polar surface area (TPSA) is 98.7 Å². The van der Waals surface area contributed by atoms with E-state index in [-0.39, 0.29) is 11.9 Å². The first kappa shape index (κ1) is 16.7. The molecular formula is C15H25N3O4. The Morgan fingerprint density at radius 3 is 2.41 bits per heavy atom. The highest BCUT2D eigenvalue weighted by molar-refractivity contribution is 5.96. The summed E-state index contributed by atoms with van der Waals surface area (Å²) in [7, 11) is 0. The van der Waals surface area contributed by atoms with Gasteiger partial charge in [-0.05, 0) is 32.7 Å². The first-order valence-electron chi connectivity index (χ1n) is 8.05. The quantitative estimate of drug-likeness (QED) is 0.717. The molecule has 1 aliphatic heterocycles. The van der Waals surface area contributed by atoms with Crippen molar-refractivity contribution >= 4 is 17.9 Å². The third-order valence-electron chi connectivity index (χ3n) is 4.67. The molecular weight excluding hydrogens is 286 g/mol. The molecule has 0 aromatic heterocycles. The maximum atomic E-state index is 12.1. The summed E-state index contributed by atoms with van der Waals surface area (Å²) in [4.78, 5) is 36.7. The van der Waals surface area contributed by atoms with Crippen LogP contribution >= 0.6 is 0 Å². The van der Waals surface area contributed by atoms with Crippen molar-refractivity contribution in [3.63, 3.8) is 0 Å². The van der Waals surface area contributed by atoms with E-state index in [1.807, 2.05) is 4.90 Å². The summed E-state index contributed by atoms with van der Waals surface area (Å²) in [6, 6.07) is -0.792. The minimum atomic E-state index is -0.829. The smallest absolute Gasteiger partial charge is 0.321 e. The van der Waals surface area contributed by atoms with Crippen LogP contribution in [0, 0.1) is 5.92 Å². The number of amides is 3. The van der Waals surface area contributed by atoms with E-state index in [9.17, 15) is 14.4 Å². The van der Waals surface area contributed by atoms with Crippen molar-refractivity contribution in [1.29, 1.82) is 0 Å². The number of hydrogen-bond donors (Lipinski definition) is 3. The van der Waals surface area contributed by atoms with Gasteiger partial charge in [0.15, 0.2) is 0 Å². The van der Waals surface area contributed by atoms with Gasteiger partial charge in [-0.2, -0.15) is 0 Å². The first-order chi connectivity index (χ1) is 10.5. The number of likely N-dealkylation sites (tertiary alicyclic amines) is 1. The summed E-state index contributed by atoms with van der Waals surface area (Å²) in [5, 5.41) is 14.2. The molecule has 2 rings (SSSR count). The van der Waals surface area contributed by atoms with Gasteiger partial charge in [-0.25, -0.2) is 4.79 Å². The highest BCUT2D eigenvalue weighted by Crippen LogP contribution is 2.19. The molecule has 7 heteroatoms. The second kappa shape index (κ2) is 7.58. The molecule has 0 aromatic rings. The molecule has 124 valence electrons. The summed E-state index contributed by atoms with van der Waals surface area (Å²) < 4.78 is 0. The van der Waals surface area contributed by atoms with Crippen molar-refractivity contribution in [3.05, 3.63) is 0 Å². The van der Waals surface area contributed by atoms with E-state index in [0.29, 0.717) is 19.5 Å². The van der Waals surface area contributed by atoms with Crippen LogP contribution < -0.4 is 10.6 Å². The number of carbonyl (C=O) groups excluding carboxylic acids is 2. The Bertz CT molecular complexity index is 435. The van der Waals surface area contributed by atoms with Crippen LogP contribution in [0.4, 0.5) is 4.79 Å². The van der Waals surface area contributed by atoms with E-state index in [1.165, 1.54) is 6.42 Å². The molecule has 1 aliphatic carbocycles. The van der Waals surface area contributed by atoms with E-state index in [2.05, 4.69) is 10.6 Å². The molecule has 0 bridgehead atoms. The zero-order chi connectivity index (χ0) is 16.1. The molecule has 1 saturated carbocycles. The molecule has 3 amide bonds. The van der Waals surface area contributed by atoms with Crippen molar-refractivity contribution < 1.29 is 19.5 Å². The van der Waals surface area contributed by atoms with Gasteiger partial charge < -0.3 is 10.4 Å². The van der Waals surface area contributed by atoms with Crippen LogP contribution in [0.15, 0.2) is 0 Å². The first-order valence-corrected chi connectivity index (χ1v) is 8.05. The van der Waals surface area contributed by atoms with Crippen LogP contribution in [-0.4, -0.2) is 53.1 Å². The van der Waals surface area contributed by atoms with Crippen LogP contribution in [0.1, 0.15) is 45.4 Å². The fourth-order valence-electron chi connectivity index (χ4n) is 3.19. The minimum Gasteiger partial charge on any atom is -0.481 e. The lowest BCUT2D eigenvalue weighted by atomic mass is 9.96. The number of carboxylic acids is 1. The van der Waals surface area contributed by atoms with Gasteiger partial charge in [0, 0.05) is 12.6 Å². The van der Waals surface area contributed by atoms with Crippen LogP contribution in [0.5, 0.6) is 0 Å². The molecule has 2 unspecified atom stereocenters. The molecule has 7 nitrogen and oxygen atoms in total. The number of urea groups is 1. The van der Waals surface area contributed by atoms with Crippen molar-refractivity contribution in [3.8, 4) is 0 Å². The standard InChI is InChI=1S/C15H25N3O4/c1-10(18-8-7-11(9-18)14(20)21)13(19)17-15(22)16-12-5-3-2-4-6-12/h10-12H,2-9H2,1H3,(H,20,21)(H2,16,17,19,22). The summed E-state index contributed by atoms with van der Waals surface area (Å²) >= 11 is 0. The monoisotopic (exact) mass is 311 g/mol. The number of nitrogens with one attached hydrogen (secondary N) is 2. The van der Waals surface area contributed by atoms with Gasteiger partial charge >= 0.3 is 12.0 Å². The SMILES string of the molecule is CC(C(=O)NC(=O)NC1CCCCC1)N1CCC(C(=O)O)C1. The second-order valence-corrected chi connectivity index (χ2v) is 6.29. The number of nitrogens with zero attached hydrogens (tertiary/aromatic N) is 1. The molecule has 0 aromatic carbocycles. The van der Waals surface area contributed by atoms with Crippen LogP contribution in [-0.2, 0) is 9.59 Å². The normalized spacial score (nSPS) is 24.7. The van der Waals surface area contributed by atoms with Crippen molar-refractivity contribution in [2.75, 3.05) is 13.1 Å². The van der Waals surface area contributed by atoms with E-state index < -0.39 is 24.0 Å². The van der Waals surface area contributed by atoms with Crippen molar-refractivity contribution in [2.45, 2.75) is 57.5 Å². The average Bonchev–Trinajstić information content (AvgIpc) is 2.97. The van der Waals surface area contributed by atoms with Gasteiger partial charge in [-0.3, -0.25) is 19.8 Å². The maximum Gasteiger partial charge on any atom is 0.321 e. The van der Waals surface area contributed by atoms with E-state index >= 15 is 0 Å². The average molecular weight is 311 g/mol. The van der Waals surface area contributed by atoms with Crippen LogP contribution in [0.2, 0.25) is 0 Å². The number of imide groups is 1. The maximum absolute atomic E-state index is 12.1. The fourth-order valence-corrected chi connectivity index (χ4v) is 3.19. The van der Waals surface area contributed by atoms with Gasteiger partial charge in [-0.15, -0.1) is 0 Å². The third kappa shape index (κ3) is 4.43. The van der Waals surface area contributed by atoms with Crippen molar-refractivity contribution in [1.82, 2.24) is 15.5 Å². The lowest BCUT2D eigenvalue weighted by molar-refractivity contribution is -0.141. The van der Waals surface area contributed by atoms with Gasteiger partial charge in [0.2, 0.25) is 5.91 Å². The van der Waals surface area contributed by atoms with Gasteiger partial charge in [0.1, 0.15) is 0 Å². The van der Waals surface area contributed by atoms with Crippen molar-refractivity contribution in [2.24, 2.45) is 5.92 Å². The number of hydrogen-bond acceptors (Lipinski definition) is 4. The predicted molar refractivity (Wildman–Crippen MR) is 80.3 cm³/mol. The largest absolute Gasteiger partial charge is 0.481 e. The van der Waals surface area contributed by atoms with E-state index in [1.54, 1.807) is 6.92 Å². The summed E-state index contributed by atoms with van der Waals surface area (Å²) in [5.74, 6) is -1.63. The Kier molecular flexibility index (Phi) is 5.76. The van der Waals surface area contributed by atoms with E-state index in [4.69, 9.17) is 5.11 Å². The summed E-state index contributed by atoms with van der Waals surface area (Å²) in [6.45, 7) is 2.62. The molecule has 1 saturated heterocycles. The highest BCUT2D eigenvalue weighted by atomic mass is 16.4. The van der Waals surface area contributed by atoms with E-state index in [0.717, 1.165) is 25.7 Å². The lowest BCUT2D eigenvalue weighted by Gasteiger charge is -2.25. The number of carbonyl (C=O) groups is 3. The molecule has 2 aliphatic rings. The van der Waals surface area contributed by atoms with Gasteiger partial charge in [0.05, 0.1) is 12.0 Å². The Morgan fingerprint density at radius 1 is 1.14 bits per heavy atom. The lowest BCUT2D eigenvalue weighted by Crippen LogP contribution is -2.51. The Morgan fingerprint density at radius 2 is 1.82 bits per heavy atom. The summed E-state index contributed by atoms with van der Waals surface area (Å²) in [5.41, 5.74) is 0. The number of carboxylic acid groups (broad SMARTS) is 1. The second-order valence-electron chi connectivity index (χ2n) is 6.29. The minimum absolute atomic E-state index is 0.153. The third-order valence-corrected chi connectivity index (χ3v) is 4.67.